The molecule has 23 nitrogen and oxygen atoms in total. The van der Waals surface area contributed by atoms with E-state index >= 15 is 0 Å². The Morgan fingerprint density at radius 3 is 1.20 bits per heavy atom. The number of aromatic nitrogens is 4. The number of phenolic OH excluding ortho intramolecular Hbond substituents is 2. The highest BCUT2D eigenvalue weighted by atomic mass is 35.5. The Hall–Kier alpha value is -11.6. The summed E-state index contributed by atoms with van der Waals surface area (Å²) in [6.07, 6.45) is 1.63. The molecule has 0 fully saturated rings. The van der Waals surface area contributed by atoms with Crippen LogP contribution in [-0.2, 0) is 82.3 Å². The third-order valence-corrected chi connectivity index (χ3v) is 20.7. The van der Waals surface area contributed by atoms with Crippen molar-refractivity contribution >= 4 is 155 Å². The molecule has 0 aliphatic carbocycles. The summed E-state index contributed by atoms with van der Waals surface area (Å²) in [6, 6.07) is 59.6. The van der Waals surface area contributed by atoms with Crippen molar-refractivity contribution < 1.29 is 79.8 Å². The molecule has 11 aromatic rings. The monoisotopic (exact) mass is 1930 g/mol. The molecule has 0 aliphatic rings. The fourth-order valence-corrected chi connectivity index (χ4v) is 13.1. The number of halogens is 12. The summed E-state index contributed by atoms with van der Waals surface area (Å²) >= 11 is 52.2. The van der Waals surface area contributed by atoms with Crippen molar-refractivity contribution in [1.82, 2.24) is 19.6 Å². The lowest BCUT2D eigenvalue weighted by atomic mass is 9.93. The number of alkyl halides is 3. The molecule has 0 amide bonds. The Labute approximate surface area is 777 Å². The van der Waals surface area contributed by atoms with Gasteiger partial charge in [-0.1, -0.05) is 179 Å². The maximum atomic E-state index is 12.7. The first kappa shape index (κ1) is 110. The summed E-state index contributed by atoms with van der Waals surface area (Å²) < 4.78 is 65.4. The van der Waals surface area contributed by atoms with Gasteiger partial charge in [0.15, 0.2) is 5.75 Å². The van der Waals surface area contributed by atoms with E-state index in [1.54, 1.807) is 97.9 Å². The predicted molar refractivity (Wildman–Crippen MR) is 486 cm³/mol. The Kier molecular flexibility index (Phi) is 46.4. The van der Waals surface area contributed by atoms with Gasteiger partial charge in [-0.05, 0) is 227 Å². The predicted octanol–water partition coefficient (Wildman–Crippen LogP) is 22.4. The van der Waals surface area contributed by atoms with Crippen LogP contribution in [0.4, 0.5) is 13.2 Å². The first-order chi connectivity index (χ1) is 59.6. The molecular weight excluding hydrogens is 1850 g/mol. The van der Waals surface area contributed by atoms with Crippen LogP contribution in [0.1, 0.15) is 151 Å². The Morgan fingerprint density at radius 2 is 0.835 bits per heavy atom. The Morgan fingerprint density at radius 1 is 0.472 bits per heavy atom. The van der Waals surface area contributed by atoms with E-state index in [0.29, 0.717) is 90.2 Å². The van der Waals surface area contributed by atoms with Gasteiger partial charge >= 0.3 is 27.6 Å². The van der Waals surface area contributed by atoms with Crippen LogP contribution in [0.2, 0.25) is 45.2 Å². The van der Waals surface area contributed by atoms with E-state index in [4.69, 9.17) is 152 Å². The van der Waals surface area contributed by atoms with Crippen LogP contribution in [0.25, 0.3) is 11.4 Å². The largest absolute Gasteiger partial charge is 0.534 e. The summed E-state index contributed by atoms with van der Waals surface area (Å²) in [6.45, 7) is 19.0. The molecule has 0 aliphatic heterocycles. The van der Waals surface area contributed by atoms with Crippen molar-refractivity contribution in [3.8, 4) is 53.4 Å². The Balaban J connectivity index is 0.000000381. The fraction of sp³-hybridized carbons (Fsp3) is 0.220. The van der Waals surface area contributed by atoms with Gasteiger partial charge < -0.3 is 30.3 Å². The number of ketones is 5. The number of aryl methyl sites for hydroxylation is 3. The summed E-state index contributed by atoms with van der Waals surface area (Å²) in [7, 11) is -5.76. The molecule has 2 aromatic heterocycles. The lowest BCUT2D eigenvalue weighted by Gasteiger charge is -2.12. The molecule has 0 saturated heterocycles. The highest BCUT2D eigenvalue weighted by Gasteiger charge is 2.49. The van der Waals surface area contributed by atoms with Gasteiger partial charge in [-0.2, -0.15) is 47.6 Å². The smallest absolute Gasteiger partial charge is 0.506 e. The van der Waals surface area contributed by atoms with Gasteiger partial charge in [0.25, 0.3) is 0 Å². The van der Waals surface area contributed by atoms with E-state index in [2.05, 4.69) is 21.0 Å². The number of nitrogens with two attached hydrogens (primary N) is 1. The first-order valence-corrected chi connectivity index (χ1v) is 42.0. The van der Waals surface area contributed by atoms with Crippen LogP contribution >= 0.6 is 104 Å². The SMILES string of the molecule is C#N.CC(=O)C(C)c1ccc(C#N)c(Cl)c1.CC(=O)Cc1ccc(C#N)c(Cl)c1.CC(=O)Cc1ccc(O)c(Cl)c1.CC(=O)Cc1ccc(OS(=O)(=O)C(F)(F)F)c(Cl)c1.CC(C(=O)O)c1cccc(Cl)c1.Cc1cc(CCC(=O)C(C)c2ccc(C#N)c(Cl)c2)n(-c2cccc(Cl)c2)n1.Cc1cc(CN)n(-c2cccc(Cl)c2)n1.O=C(O)Cc1ccc(O)c(Cl)c1. The number of carbonyl (C=O) groups is 7. The third kappa shape index (κ3) is 37.8. The summed E-state index contributed by atoms with van der Waals surface area (Å²) in [5, 5.41) is 80.0. The number of rotatable bonds is 22. The minimum Gasteiger partial charge on any atom is -0.506 e. The van der Waals surface area contributed by atoms with Crippen molar-refractivity contribution in [2.45, 2.75) is 131 Å². The zero-order chi connectivity index (χ0) is 95.9. The standard InChI is InChI=1S/C22H19Cl2N3O.C11H12ClN3.C11H10ClNO.C10H8ClF3O4S.C10H8ClNO.2C9H9ClO2.C8H7ClO3.CHN/c1-14-10-20(27(26-14)19-5-3-4-18(23)12-19)8-9-22(28)15(2)16-6-7-17(13-25)21(24)11-16;1-8-5-11(7-13)15(14-8)10-4-2-3-9(12)6-10;1-7(8(2)14)9-3-4-10(6-13)11(12)5-9;1-6(15)4-7-2-3-9(8(11)5-7)18-19(16,17)10(12,13)14;1-7(13)4-8-2-3-9(6-12)10(11)5-8;1-6(11)4-7-2-3-9(12)8(10)5-7;1-6(9(11)12)7-3-2-4-8(10)5-7;9-6-3-5(4-8(11)12)1-2-7(6)10;1-2/h3-7,10-12,15H,8-9H2,1-2H3;2-6H,7,13H2,1H3;3-5,7H,1-2H3;2-3,5H,4H2,1H3;2-3,5H,4H2,1H3;2-3,5,12H,4H2,1H3;2-6H,1H3,(H,11,12);1-3,10H,4H2,(H,11,12);1H. The van der Waals surface area contributed by atoms with Crippen molar-refractivity contribution in [2.75, 3.05) is 0 Å². The van der Waals surface area contributed by atoms with Gasteiger partial charge in [-0.15, -0.1) is 0 Å². The number of nitrogens with zero attached hydrogens (tertiary/aromatic N) is 8. The van der Waals surface area contributed by atoms with Crippen LogP contribution < -0.4 is 9.92 Å². The van der Waals surface area contributed by atoms with Gasteiger partial charge in [0.2, 0.25) is 0 Å². The number of carboxylic acids is 2. The average molecular weight is 1930 g/mol. The average Bonchev–Trinajstić information content (AvgIpc) is 1.79. The maximum absolute atomic E-state index is 12.7. The normalized spacial score (nSPS) is 11.0. The molecule has 0 bridgehead atoms. The molecule has 36 heteroatoms. The van der Waals surface area contributed by atoms with Gasteiger partial charge in [0.1, 0.15) is 58.6 Å². The van der Waals surface area contributed by atoms with Gasteiger partial charge in [0.05, 0.1) is 87.6 Å². The second-order valence-corrected chi connectivity index (χ2v) is 32.6. The second kappa shape index (κ2) is 53.7. The van der Waals surface area contributed by atoms with Crippen molar-refractivity contribution in [3.05, 3.63) is 318 Å². The van der Waals surface area contributed by atoms with E-state index < -0.39 is 39.2 Å². The van der Waals surface area contributed by atoms with Gasteiger partial charge in [0, 0.05) is 71.4 Å². The van der Waals surface area contributed by atoms with Crippen molar-refractivity contribution in [2.24, 2.45) is 5.73 Å². The lowest BCUT2D eigenvalue weighted by Crippen LogP contribution is -2.28. The summed E-state index contributed by atoms with van der Waals surface area (Å²) in [5.41, 5.74) is 12.1. The van der Waals surface area contributed by atoms with Crippen LogP contribution in [0, 0.1) is 59.7 Å². The molecule has 2 heterocycles. The number of carboxylic acid groups (broad SMARTS) is 2. The quantitative estimate of drug-likeness (QED) is 0.0311. The number of phenols is 2. The molecular formula is C91H83Cl9F3N9O14S. The summed E-state index contributed by atoms with van der Waals surface area (Å²) in [4.78, 5) is 77.0. The number of hydrogen-bond acceptors (Lipinski definition) is 19. The molecule has 6 N–H and O–H groups in total. The molecule has 127 heavy (non-hydrogen) atoms. The number of hydrogen-bond donors (Lipinski definition) is 5. The second-order valence-electron chi connectivity index (χ2n) is 27.3. The molecule has 666 valence electrons. The van der Waals surface area contributed by atoms with Crippen LogP contribution in [0.15, 0.2) is 194 Å². The van der Waals surface area contributed by atoms with E-state index in [0.717, 1.165) is 68.0 Å². The molecule has 9 aromatic carbocycles. The molecule has 3 atom stereocenters. The molecule has 11 rings (SSSR count). The third-order valence-electron chi connectivity index (χ3n) is 17.2. The number of Topliss-reactive ketones (excluding diaryl/α,β-unsaturated/α-hetero) is 5. The molecule has 3 unspecified atom stereocenters. The Bertz CT molecular complexity index is 5930. The van der Waals surface area contributed by atoms with Crippen LogP contribution in [0.5, 0.6) is 17.2 Å². The zero-order valence-corrected chi connectivity index (χ0v) is 76.8. The van der Waals surface area contributed by atoms with Crippen molar-refractivity contribution in [3.63, 3.8) is 0 Å². The number of aromatic hydroxyl groups is 2. The van der Waals surface area contributed by atoms with E-state index in [9.17, 15) is 55.2 Å². The van der Waals surface area contributed by atoms with Gasteiger partial charge in [-0.3, -0.25) is 33.6 Å². The maximum Gasteiger partial charge on any atom is 0.534 e. The van der Waals surface area contributed by atoms with E-state index in [-0.39, 0.29) is 80.2 Å². The topological polar surface area (TPSA) is 401 Å². The van der Waals surface area contributed by atoms with Crippen LogP contribution in [0.3, 0.4) is 0 Å². The number of carbonyl (C=O) groups excluding carboxylic acids is 5. The van der Waals surface area contributed by atoms with Gasteiger partial charge in [-0.25, -0.2) is 14.6 Å². The highest BCUT2D eigenvalue weighted by molar-refractivity contribution is 7.88. The van der Waals surface area contributed by atoms with E-state index in [1.165, 1.54) is 64.1 Å². The molecule has 0 spiro atoms. The highest BCUT2D eigenvalue weighted by Crippen LogP contribution is 2.34. The zero-order valence-electron chi connectivity index (χ0n) is 69.2. The fourth-order valence-electron chi connectivity index (χ4n) is 10.7. The van der Waals surface area contributed by atoms with Crippen LogP contribution in [-0.4, -0.2) is 94.8 Å². The number of aliphatic carboxylic acids is 2. The first-order valence-electron chi connectivity index (χ1n) is 37.2. The number of benzene rings is 9. The minimum atomic E-state index is -5.76. The molecule has 0 saturated carbocycles. The number of nitriles is 4. The molecule has 0 radical (unpaired) electrons. The minimum absolute atomic E-state index is 0.0338. The summed E-state index contributed by atoms with van der Waals surface area (Å²) in [5.74, 6) is -3.17. The van der Waals surface area contributed by atoms with Crippen molar-refractivity contribution in [1.29, 1.82) is 21.0 Å². The van der Waals surface area contributed by atoms with E-state index in [1.807, 2.05) is 116 Å². The lowest BCUT2D eigenvalue weighted by molar-refractivity contribution is -0.138.